The van der Waals surface area contributed by atoms with Crippen LogP contribution in [0.25, 0.3) is 11.0 Å². The lowest BCUT2D eigenvalue weighted by Gasteiger charge is -2.27. The van der Waals surface area contributed by atoms with Crippen LogP contribution in [0.15, 0.2) is 18.3 Å². The van der Waals surface area contributed by atoms with Gasteiger partial charge in [0.1, 0.15) is 5.82 Å². The molecule has 5 nitrogen and oxygen atoms in total. The number of nitrogens with one attached hydrogen (secondary N) is 1. The summed E-state index contributed by atoms with van der Waals surface area (Å²) in [4.78, 5) is 19.8. The van der Waals surface area contributed by atoms with E-state index in [9.17, 15) is 4.79 Å². The van der Waals surface area contributed by atoms with Crippen LogP contribution in [-0.4, -0.2) is 27.1 Å². The highest BCUT2D eigenvalue weighted by Crippen LogP contribution is 2.28. The molecule has 1 saturated carbocycles. The number of aromatic nitrogens is 2. The number of halogens is 2. The van der Waals surface area contributed by atoms with Crippen molar-refractivity contribution in [1.82, 2.24) is 9.97 Å². The maximum atomic E-state index is 11.0. The van der Waals surface area contributed by atoms with E-state index in [1.807, 2.05) is 0 Å². The predicted molar refractivity (Wildman–Crippen MR) is 86.6 cm³/mol. The van der Waals surface area contributed by atoms with Crippen LogP contribution in [0.5, 0.6) is 0 Å². The van der Waals surface area contributed by atoms with E-state index in [1.54, 1.807) is 18.3 Å². The summed E-state index contributed by atoms with van der Waals surface area (Å²) < 4.78 is 0. The highest BCUT2D eigenvalue weighted by molar-refractivity contribution is 6.42. The Balaban J connectivity index is 1.72. The minimum atomic E-state index is -0.699. The lowest BCUT2D eigenvalue weighted by atomic mass is 9.86. The van der Waals surface area contributed by atoms with Gasteiger partial charge in [0.25, 0.3) is 0 Å². The molecular weight excluding hydrogens is 325 g/mol. The van der Waals surface area contributed by atoms with E-state index < -0.39 is 5.97 Å². The summed E-state index contributed by atoms with van der Waals surface area (Å²) >= 11 is 12.0. The highest BCUT2D eigenvalue weighted by atomic mass is 35.5. The van der Waals surface area contributed by atoms with Gasteiger partial charge in [-0.15, -0.1) is 0 Å². The number of benzene rings is 1. The van der Waals surface area contributed by atoms with Crippen molar-refractivity contribution in [1.29, 1.82) is 0 Å². The molecule has 1 aromatic heterocycles. The first-order valence-electron chi connectivity index (χ1n) is 7.14. The Morgan fingerprint density at radius 1 is 1.14 bits per heavy atom. The Morgan fingerprint density at radius 3 is 2.41 bits per heavy atom. The molecule has 1 aliphatic carbocycles. The van der Waals surface area contributed by atoms with Crippen LogP contribution in [-0.2, 0) is 4.79 Å². The molecule has 0 aliphatic heterocycles. The molecule has 22 heavy (non-hydrogen) atoms. The standard InChI is InChI=1S/C15H15Cl2N3O2/c16-10-5-12-13(6-11(10)17)20-14(7-18-12)19-9-3-1-8(2-4-9)15(21)22/h5-9H,1-4H2,(H,19,20)(H,21,22). The molecule has 1 aromatic carbocycles. The second-order valence-corrected chi connectivity index (χ2v) is 6.36. The van der Waals surface area contributed by atoms with Gasteiger partial charge < -0.3 is 10.4 Å². The SMILES string of the molecule is O=C(O)C1CCC(Nc2cnc3cc(Cl)c(Cl)cc3n2)CC1. The average Bonchev–Trinajstić information content (AvgIpc) is 2.49. The third-order valence-corrected chi connectivity index (χ3v) is 4.73. The summed E-state index contributed by atoms with van der Waals surface area (Å²) in [5, 5.41) is 13.2. The van der Waals surface area contributed by atoms with E-state index in [0.717, 1.165) is 12.8 Å². The van der Waals surface area contributed by atoms with Crippen LogP contribution in [0.4, 0.5) is 5.82 Å². The fourth-order valence-corrected chi connectivity index (χ4v) is 3.09. The van der Waals surface area contributed by atoms with Crippen molar-refractivity contribution in [2.75, 3.05) is 5.32 Å². The summed E-state index contributed by atoms with van der Waals surface area (Å²) in [6.07, 6.45) is 4.68. The van der Waals surface area contributed by atoms with Gasteiger partial charge in [0.2, 0.25) is 0 Å². The third-order valence-electron chi connectivity index (χ3n) is 4.01. The van der Waals surface area contributed by atoms with Crippen LogP contribution < -0.4 is 5.32 Å². The van der Waals surface area contributed by atoms with Crippen molar-refractivity contribution < 1.29 is 9.90 Å². The molecule has 0 unspecified atom stereocenters. The minimum Gasteiger partial charge on any atom is -0.481 e. The van der Waals surface area contributed by atoms with E-state index in [4.69, 9.17) is 28.3 Å². The lowest BCUT2D eigenvalue weighted by Crippen LogP contribution is -2.29. The zero-order valence-electron chi connectivity index (χ0n) is 11.7. The quantitative estimate of drug-likeness (QED) is 0.884. The number of nitrogens with zero attached hydrogens (tertiary/aromatic N) is 2. The van der Waals surface area contributed by atoms with Gasteiger partial charge in [-0.25, -0.2) is 4.98 Å². The van der Waals surface area contributed by atoms with Gasteiger partial charge in [-0.1, -0.05) is 23.2 Å². The Labute approximate surface area is 137 Å². The van der Waals surface area contributed by atoms with Crippen LogP contribution in [0.3, 0.4) is 0 Å². The molecule has 2 aromatic rings. The normalized spacial score (nSPS) is 21.7. The van der Waals surface area contributed by atoms with Gasteiger partial charge >= 0.3 is 5.97 Å². The van der Waals surface area contributed by atoms with Crippen molar-refractivity contribution in [2.45, 2.75) is 31.7 Å². The fourth-order valence-electron chi connectivity index (χ4n) is 2.77. The Kier molecular flexibility index (Phi) is 4.36. The average molecular weight is 340 g/mol. The molecule has 116 valence electrons. The topological polar surface area (TPSA) is 75.1 Å². The monoisotopic (exact) mass is 339 g/mol. The van der Waals surface area contributed by atoms with E-state index in [1.165, 1.54) is 0 Å². The summed E-state index contributed by atoms with van der Waals surface area (Å²) in [6, 6.07) is 3.61. The van der Waals surface area contributed by atoms with E-state index in [0.29, 0.717) is 39.7 Å². The van der Waals surface area contributed by atoms with E-state index >= 15 is 0 Å². The van der Waals surface area contributed by atoms with Gasteiger partial charge in [-0.3, -0.25) is 9.78 Å². The molecule has 3 rings (SSSR count). The second kappa shape index (κ2) is 6.26. The number of anilines is 1. The van der Waals surface area contributed by atoms with Crippen molar-refractivity contribution >= 4 is 46.0 Å². The number of rotatable bonds is 3. The summed E-state index contributed by atoms with van der Waals surface area (Å²) in [7, 11) is 0. The van der Waals surface area contributed by atoms with Gasteiger partial charge in [-0.2, -0.15) is 0 Å². The van der Waals surface area contributed by atoms with Crippen LogP contribution in [0, 0.1) is 5.92 Å². The van der Waals surface area contributed by atoms with Gasteiger partial charge in [0.05, 0.1) is 33.2 Å². The van der Waals surface area contributed by atoms with Crippen LogP contribution in [0.2, 0.25) is 10.0 Å². The largest absolute Gasteiger partial charge is 0.481 e. The smallest absolute Gasteiger partial charge is 0.306 e. The van der Waals surface area contributed by atoms with Crippen molar-refractivity contribution in [3.63, 3.8) is 0 Å². The summed E-state index contributed by atoms with van der Waals surface area (Å²) in [6.45, 7) is 0. The molecule has 0 spiro atoms. The third kappa shape index (κ3) is 3.25. The molecule has 0 radical (unpaired) electrons. The molecule has 7 heteroatoms. The first kappa shape index (κ1) is 15.3. The lowest BCUT2D eigenvalue weighted by molar-refractivity contribution is -0.142. The molecule has 2 N–H and O–H groups in total. The zero-order valence-corrected chi connectivity index (χ0v) is 13.2. The van der Waals surface area contributed by atoms with Gasteiger partial charge in [0, 0.05) is 6.04 Å². The van der Waals surface area contributed by atoms with Crippen LogP contribution in [0.1, 0.15) is 25.7 Å². The number of hydrogen-bond acceptors (Lipinski definition) is 4. The molecule has 1 fully saturated rings. The maximum Gasteiger partial charge on any atom is 0.306 e. The second-order valence-electron chi connectivity index (χ2n) is 5.54. The number of carboxylic acids is 1. The van der Waals surface area contributed by atoms with Crippen molar-refractivity contribution in [3.8, 4) is 0 Å². The van der Waals surface area contributed by atoms with Crippen molar-refractivity contribution in [2.24, 2.45) is 5.92 Å². The first-order valence-corrected chi connectivity index (χ1v) is 7.89. The fraction of sp³-hybridized carbons (Fsp3) is 0.400. The summed E-state index contributed by atoms with van der Waals surface area (Å²) in [5.41, 5.74) is 1.37. The number of hydrogen-bond donors (Lipinski definition) is 2. The van der Waals surface area contributed by atoms with Crippen LogP contribution >= 0.6 is 23.2 Å². The number of carboxylic acid groups (broad SMARTS) is 1. The maximum absolute atomic E-state index is 11.0. The Morgan fingerprint density at radius 2 is 1.77 bits per heavy atom. The van der Waals surface area contributed by atoms with Gasteiger partial charge in [0.15, 0.2) is 0 Å². The molecule has 0 atom stereocenters. The number of carbonyl (C=O) groups is 1. The molecule has 0 bridgehead atoms. The number of aliphatic carboxylic acids is 1. The first-order chi connectivity index (χ1) is 10.5. The van der Waals surface area contributed by atoms with Crippen molar-refractivity contribution in [3.05, 3.63) is 28.4 Å². The predicted octanol–water partition coefficient (Wildman–Crippen LogP) is 3.99. The highest BCUT2D eigenvalue weighted by Gasteiger charge is 2.26. The molecular formula is C15H15Cl2N3O2. The molecule has 0 amide bonds. The Bertz CT molecular complexity index is 715. The Hall–Kier alpha value is -1.59. The molecule has 0 saturated heterocycles. The van der Waals surface area contributed by atoms with Gasteiger partial charge in [-0.05, 0) is 37.8 Å². The molecule has 1 aliphatic rings. The minimum absolute atomic E-state index is 0.221. The molecule has 1 heterocycles. The zero-order chi connectivity index (χ0) is 15.7. The number of fused-ring (bicyclic) bond motifs is 1. The van der Waals surface area contributed by atoms with E-state index in [2.05, 4.69) is 15.3 Å². The van der Waals surface area contributed by atoms with E-state index in [-0.39, 0.29) is 12.0 Å². The summed E-state index contributed by atoms with van der Waals surface area (Å²) in [5.74, 6) is -0.248.